The van der Waals surface area contributed by atoms with E-state index in [0.717, 1.165) is 21.2 Å². The molecule has 4 amide bonds. The molecule has 0 radical (unpaired) electrons. The molecule has 224 valence electrons. The van der Waals surface area contributed by atoms with Crippen LogP contribution in [0.5, 0.6) is 0 Å². The third kappa shape index (κ3) is 8.68. The summed E-state index contributed by atoms with van der Waals surface area (Å²) in [7, 11) is 0. The summed E-state index contributed by atoms with van der Waals surface area (Å²) in [6, 6.07) is 36.3. The van der Waals surface area contributed by atoms with E-state index in [1.54, 1.807) is 72.8 Å². The lowest BCUT2D eigenvalue weighted by Gasteiger charge is -2.13. The van der Waals surface area contributed by atoms with Crippen LogP contribution in [0.25, 0.3) is 16.8 Å². The summed E-state index contributed by atoms with van der Waals surface area (Å²) in [6.45, 7) is 1.43. The second-order valence-electron chi connectivity index (χ2n) is 10.0. The molecule has 0 aliphatic heterocycles. The van der Waals surface area contributed by atoms with Gasteiger partial charge >= 0.3 is 0 Å². The minimum absolute atomic E-state index is 0.0853. The molecule has 0 saturated carbocycles. The standard InChI is InChI=1S/C36H30N4O4S/c1-24(41)37-28-17-19-29(20-18-28)38-34(42)23-45-31-15-8-14-30(22-31)39-36(44)33(40-35(43)26-10-3-2-4-11-26)21-27-13-7-12-25-9-5-6-16-32(25)27/h2-22H,23H2,1H3,(H,37,41)(H,38,42)(H,39,44)(H,40,43)/b33-21+. The van der Waals surface area contributed by atoms with E-state index in [1.165, 1.54) is 18.7 Å². The Morgan fingerprint density at radius 1 is 0.667 bits per heavy atom. The first-order valence-corrected chi connectivity index (χ1v) is 15.1. The van der Waals surface area contributed by atoms with Gasteiger partial charge in [0.15, 0.2) is 0 Å². The number of thioether (sulfide) groups is 1. The van der Waals surface area contributed by atoms with Gasteiger partial charge in [0.1, 0.15) is 5.70 Å². The van der Waals surface area contributed by atoms with E-state index in [1.807, 2.05) is 54.6 Å². The predicted molar refractivity (Wildman–Crippen MR) is 181 cm³/mol. The van der Waals surface area contributed by atoms with Crippen LogP contribution in [-0.4, -0.2) is 29.4 Å². The summed E-state index contributed by atoms with van der Waals surface area (Å²) in [6.07, 6.45) is 1.67. The molecule has 0 fully saturated rings. The van der Waals surface area contributed by atoms with Gasteiger partial charge in [0.05, 0.1) is 5.75 Å². The lowest BCUT2D eigenvalue weighted by molar-refractivity contribution is -0.114. The number of rotatable bonds is 10. The molecule has 0 saturated heterocycles. The van der Waals surface area contributed by atoms with Crippen molar-refractivity contribution in [2.75, 3.05) is 21.7 Å². The van der Waals surface area contributed by atoms with Crippen LogP contribution < -0.4 is 21.3 Å². The summed E-state index contributed by atoms with van der Waals surface area (Å²) >= 11 is 1.32. The molecule has 0 atom stereocenters. The van der Waals surface area contributed by atoms with Crippen molar-refractivity contribution in [2.24, 2.45) is 0 Å². The summed E-state index contributed by atoms with van der Waals surface area (Å²) < 4.78 is 0. The zero-order valence-electron chi connectivity index (χ0n) is 24.4. The Hall–Kier alpha value is -5.67. The number of fused-ring (bicyclic) bond motifs is 1. The lowest BCUT2D eigenvalue weighted by atomic mass is 10.0. The first kappa shape index (κ1) is 30.8. The van der Waals surface area contributed by atoms with E-state index in [2.05, 4.69) is 21.3 Å². The van der Waals surface area contributed by atoms with Gasteiger partial charge in [-0.1, -0.05) is 66.7 Å². The quantitative estimate of drug-likeness (QED) is 0.100. The monoisotopic (exact) mass is 614 g/mol. The van der Waals surface area contributed by atoms with Crippen molar-refractivity contribution in [3.05, 3.63) is 138 Å². The normalized spacial score (nSPS) is 11.0. The largest absolute Gasteiger partial charge is 0.326 e. The number of nitrogens with one attached hydrogen (secondary N) is 4. The fourth-order valence-electron chi connectivity index (χ4n) is 4.52. The molecule has 4 N–H and O–H groups in total. The molecule has 5 aromatic rings. The fourth-order valence-corrected chi connectivity index (χ4v) is 5.28. The van der Waals surface area contributed by atoms with E-state index >= 15 is 0 Å². The van der Waals surface area contributed by atoms with E-state index < -0.39 is 11.8 Å². The summed E-state index contributed by atoms with van der Waals surface area (Å²) in [5, 5.41) is 13.1. The molecule has 0 aliphatic carbocycles. The second kappa shape index (κ2) is 14.7. The molecule has 45 heavy (non-hydrogen) atoms. The van der Waals surface area contributed by atoms with Crippen molar-refractivity contribution in [1.82, 2.24) is 5.32 Å². The van der Waals surface area contributed by atoms with Gasteiger partial charge in [-0.05, 0) is 77.0 Å². The van der Waals surface area contributed by atoms with Gasteiger partial charge < -0.3 is 21.3 Å². The Morgan fingerprint density at radius 3 is 2.09 bits per heavy atom. The molecule has 0 aliphatic rings. The SMILES string of the molecule is CC(=O)Nc1ccc(NC(=O)CSc2cccc(NC(=O)/C(=C\c3cccc4ccccc34)NC(=O)c3ccccc3)c2)cc1. The van der Waals surface area contributed by atoms with Gasteiger partial charge in [-0.3, -0.25) is 19.2 Å². The van der Waals surface area contributed by atoms with E-state index in [0.29, 0.717) is 22.6 Å². The van der Waals surface area contributed by atoms with Crippen LogP contribution in [0.3, 0.4) is 0 Å². The van der Waals surface area contributed by atoms with Crippen molar-refractivity contribution >= 4 is 69.3 Å². The average Bonchev–Trinajstić information content (AvgIpc) is 3.05. The van der Waals surface area contributed by atoms with Gasteiger partial charge in [-0.15, -0.1) is 11.8 Å². The van der Waals surface area contributed by atoms with Gasteiger partial charge in [-0.25, -0.2) is 0 Å². The van der Waals surface area contributed by atoms with Crippen molar-refractivity contribution in [2.45, 2.75) is 11.8 Å². The predicted octanol–water partition coefficient (Wildman–Crippen LogP) is 6.94. The maximum atomic E-state index is 13.6. The Kier molecular flexibility index (Phi) is 10.0. The summed E-state index contributed by atoms with van der Waals surface area (Å²) in [5.74, 6) is -1.13. The Labute approximate surface area is 264 Å². The van der Waals surface area contributed by atoms with Crippen molar-refractivity contribution in [3.63, 3.8) is 0 Å². The zero-order chi connectivity index (χ0) is 31.6. The fraction of sp³-hybridized carbons (Fsp3) is 0.0556. The number of hydrogen-bond acceptors (Lipinski definition) is 5. The van der Waals surface area contributed by atoms with Gasteiger partial charge in [0.25, 0.3) is 11.8 Å². The number of benzene rings is 5. The van der Waals surface area contributed by atoms with E-state index in [4.69, 9.17) is 0 Å². The van der Waals surface area contributed by atoms with Gasteiger partial charge in [0.2, 0.25) is 11.8 Å². The number of carbonyl (C=O) groups is 4. The smallest absolute Gasteiger partial charge is 0.272 e. The summed E-state index contributed by atoms with van der Waals surface area (Å²) in [4.78, 5) is 51.2. The molecule has 0 unspecified atom stereocenters. The molecular weight excluding hydrogens is 584 g/mol. The highest BCUT2D eigenvalue weighted by Gasteiger charge is 2.16. The minimum atomic E-state index is -0.491. The Balaban J connectivity index is 1.28. The van der Waals surface area contributed by atoms with Gasteiger partial charge in [-0.2, -0.15) is 0 Å². The maximum absolute atomic E-state index is 13.6. The molecule has 9 heteroatoms. The van der Waals surface area contributed by atoms with Crippen LogP contribution in [0.2, 0.25) is 0 Å². The van der Waals surface area contributed by atoms with E-state index in [-0.39, 0.29) is 23.3 Å². The maximum Gasteiger partial charge on any atom is 0.272 e. The van der Waals surface area contributed by atoms with Crippen molar-refractivity contribution in [1.29, 1.82) is 0 Å². The highest BCUT2D eigenvalue weighted by atomic mass is 32.2. The highest BCUT2D eigenvalue weighted by Crippen LogP contribution is 2.24. The molecule has 5 rings (SSSR count). The zero-order valence-corrected chi connectivity index (χ0v) is 25.2. The van der Waals surface area contributed by atoms with Crippen LogP contribution in [0, 0.1) is 0 Å². The topological polar surface area (TPSA) is 116 Å². The number of anilines is 3. The second-order valence-corrected chi connectivity index (χ2v) is 11.1. The van der Waals surface area contributed by atoms with Crippen molar-refractivity contribution in [3.8, 4) is 0 Å². The lowest BCUT2D eigenvalue weighted by Crippen LogP contribution is -2.30. The molecular formula is C36H30N4O4S. The number of hydrogen-bond donors (Lipinski definition) is 4. The van der Waals surface area contributed by atoms with Crippen molar-refractivity contribution < 1.29 is 19.2 Å². The van der Waals surface area contributed by atoms with Crippen LogP contribution in [-0.2, 0) is 14.4 Å². The average molecular weight is 615 g/mol. The minimum Gasteiger partial charge on any atom is -0.326 e. The Bertz CT molecular complexity index is 1880. The third-order valence-corrected chi connectivity index (χ3v) is 7.60. The van der Waals surface area contributed by atoms with Gasteiger partial charge in [0, 0.05) is 34.4 Å². The molecule has 5 aromatic carbocycles. The Morgan fingerprint density at radius 2 is 1.33 bits per heavy atom. The highest BCUT2D eigenvalue weighted by molar-refractivity contribution is 8.00. The van der Waals surface area contributed by atoms with Crippen LogP contribution in [0.1, 0.15) is 22.8 Å². The molecule has 0 bridgehead atoms. The third-order valence-electron chi connectivity index (χ3n) is 6.60. The summed E-state index contributed by atoms with van der Waals surface area (Å²) in [5.41, 5.74) is 3.06. The van der Waals surface area contributed by atoms with Crippen LogP contribution in [0.15, 0.2) is 132 Å². The van der Waals surface area contributed by atoms with E-state index in [9.17, 15) is 19.2 Å². The molecule has 0 spiro atoms. The van der Waals surface area contributed by atoms with Crippen LogP contribution in [0.4, 0.5) is 17.1 Å². The first-order chi connectivity index (χ1) is 21.8. The van der Waals surface area contributed by atoms with Crippen LogP contribution >= 0.6 is 11.8 Å². The number of carbonyl (C=O) groups excluding carboxylic acids is 4. The first-order valence-electron chi connectivity index (χ1n) is 14.1. The molecule has 0 aromatic heterocycles. The molecule has 8 nitrogen and oxygen atoms in total. The molecule has 0 heterocycles. The number of amides is 4.